The van der Waals surface area contributed by atoms with Crippen LogP contribution in [0.5, 0.6) is 0 Å². The molecule has 6 rings (SSSR count). The highest BCUT2D eigenvalue weighted by molar-refractivity contribution is 7.19. The summed E-state index contributed by atoms with van der Waals surface area (Å²) < 4.78 is 14.4. The van der Waals surface area contributed by atoms with Gasteiger partial charge in [0.05, 0.1) is 16.9 Å². The Balaban J connectivity index is 1.41. The van der Waals surface area contributed by atoms with Crippen molar-refractivity contribution >= 4 is 50.0 Å². The molecule has 1 N–H and O–H groups in total. The summed E-state index contributed by atoms with van der Waals surface area (Å²) >= 11 is 1.78. The maximum atomic E-state index is 14.4. The van der Waals surface area contributed by atoms with Crippen molar-refractivity contribution in [3.8, 4) is 0 Å². The van der Waals surface area contributed by atoms with Crippen LogP contribution in [-0.2, 0) is 17.6 Å². The van der Waals surface area contributed by atoms with Crippen LogP contribution in [0.3, 0.4) is 0 Å². The first-order valence-corrected chi connectivity index (χ1v) is 13.3. The second kappa shape index (κ2) is 8.96. The molecule has 2 aliphatic rings. The minimum atomic E-state index is -0.254. The number of aromatic nitrogens is 3. The van der Waals surface area contributed by atoms with E-state index in [0.717, 1.165) is 45.6 Å². The summed E-state index contributed by atoms with van der Waals surface area (Å²) in [4.78, 5) is 32.5. The molecule has 1 aliphatic heterocycles. The molecule has 36 heavy (non-hydrogen) atoms. The van der Waals surface area contributed by atoms with E-state index in [9.17, 15) is 9.18 Å². The molecule has 1 aliphatic carbocycles. The molecule has 1 saturated heterocycles. The van der Waals surface area contributed by atoms with E-state index in [1.807, 2.05) is 11.0 Å². The van der Waals surface area contributed by atoms with Gasteiger partial charge in [0.25, 0.3) is 0 Å². The minimum absolute atomic E-state index is 0.0880. The fourth-order valence-electron chi connectivity index (χ4n) is 5.44. The molecule has 0 bridgehead atoms. The predicted octanol–water partition coefficient (Wildman–Crippen LogP) is 5.02. The van der Waals surface area contributed by atoms with Crippen molar-refractivity contribution in [3.05, 3.63) is 51.9 Å². The largest absolute Gasteiger partial charge is 0.363 e. The Morgan fingerprint density at radius 1 is 1.14 bits per heavy atom. The number of nitrogens with one attached hydrogen (secondary N) is 1. The number of amides is 1. The second-order valence-electron chi connectivity index (χ2n) is 9.81. The smallest absolute Gasteiger partial charge is 0.219 e. The van der Waals surface area contributed by atoms with Gasteiger partial charge >= 0.3 is 0 Å². The number of anilines is 2. The molecule has 1 atom stereocenters. The van der Waals surface area contributed by atoms with Crippen LogP contribution in [0.25, 0.3) is 21.1 Å². The number of piperazine rings is 1. The number of carbonyl (C=O) groups excluding carboxylic acids is 1. The molecular formula is C27H29FN6OS. The lowest BCUT2D eigenvalue weighted by atomic mass is 10.0. The number of rotatable bonds is 4. The van der Waals surface area contributed by atoms with Crippen LogP contribution in [0.15, 0.2) is 24.5 Å². The fraction of sp³-hybridized carbons (Fsp3) is 0.407. The normalized spacial score (nSPS) is 16.6. The van der Waals surface area contributed by atoms with Crippen molar-refractivity contribution in [2.24, 2.45) is 0 Å². The number of aryl methyl sites for hydroxylation is 3. The van der Waals surface area contributed by atoms with Crippen LogP contribution in [0, 0.1) is 12.7 Å². The Morgan fingerprint density at radius 2 is 1.94 bits per heavy atom. The summed E-state index contributed by atoms with van der Waals surface area (Å²) in [6, 6.07) is 5.41. The fourth-order valence-corrected chi connectivity index (χ4v) is 6.67. The van der Waals surface area contributed by atoms with Crippen LogP contribution in [0.1, 0.15) is 47.9 Å². The van der Waals surface area contributed by atoms with E-state index < -0.39 is 0 Å². The highest BCUT2D eigenvalue weighted by Gasteiger charge is 2.26. The minimum Gasteiger partial charge on any atom is -0.363 e. The molecule has 1 amide bonds. The number of nitrogens with zero attached hydrogens (tertiary/aromatic N) is 5. The molecule has 3 aromatic heterocycles. The molecule has 7 nitrogen and oxygen atoms in total. The van der Waals surface area contributed by atoms with Gasteiger partial charge in [-0.2, -0.15) is 0 Å². The molecule has 4 heterocycles. The van der Waals surface area contributed by atoms with Gasteiger partial charge in [-0.05, 0) is 56.4 Å². The molecule has 0 spiro atoms. The zero-order valence-corrected chi connectivity index (χ0v) is 21.6. The summed E-state index contributed by atoms with van der Waals surface area (Å²) in [7, 11) is 0. The third kappa shape index (κ3) is 3.95. The second-order valence-corrected chi connectivity index (χ2v) is 10.9. The number of thiophene rings is 1. The Hall–Kier alpha value is -3.33. The Kier molecular flexibility index (Phi) is 5.75. The van der Waals surface area contributed by atoms with Crippen LogP contribution in [-0.4, -0.2) is 51.9 Å². The van der Waals surface area contributed by atoms with Crippen molar-refractivity contribution in [3.63, 3.8) is 0 Å². The van der Waals surface area contributed by atoms with Crippen LogP contribution in [0.4, 0.5) is 16.0 Å². The summed E-state index contributed by atoms with van der Waals surface area (Å²) in [6.07, 6.45) is 5.00. The van der Waals surface area contributed by atoms with Gasteiger partial charge in [-0.15, -0.1) is 11.3 Å². The van der Waals surface area contributed by atoms with E-state index in [0.29, 0.717) is 37.3 Å². The molecule has 1 fully saturated rings. The zero-order chi connectivity index (χ0) is 25.0. The highest BCUT2D eigenvalue weighted by atomic mass is 32.1. The lowest BCUT2D eigenvalue weighted by molar-refractivity contribution is -0.129. The summed E-state index contributed by atoms with van der Waals surface area (Å²) in [5.74, 6) is 1.52. The monoisotopic (exact) mass is 504 g/mol. The van der Waals surface area contributed by atoms with Crippen LogP contribution >= 0.6 is 11.3 Å². The third-order valence-electron chi connectivity index (χ3n) is 7.45. The first kappa shape index (κ1) is 23.1. The van der Waals surface area contributed by atoms with Gasteiger partial charge in [0.15, 0.2) is 0 Å². The molecule has 4 aromatic rings. The van der Waals surface area contributed by atoms with Crippen molar-refractivity contribution < 1.29 is 9.18 Å². The molecular weight excluding hydrogens is 475 g/mol. The van der Waals surface area contributed by atoms with E-state index in [-0.39, 0.29) is 17.8 Å². The number of halogens is 1. The molecule has 186 valence electrons. The van der Waals surface area contributed by atoms with Gasteiger partial charge in [-0.1, -0.05) is 0 Å². The summed E-state index contributed by atoms with van der Waals surface area (Å²) in [6.45, 7) is 8.16. The molecule has 0 saturated carbocycles. The number of hydrogen-bond donors (Lipinski definition) is 1. The van der Waals surface area contributed by atoms with Gasteiger partial charge in [-0.3, -0.25) is 4.79 Å². The number of pyridine rings is 1. The predicted molar refractivity (Wildman–Crippen MR) is 142 cm³/mol. The maximum Gasteiger partial charge on any atom is 0.219 e. The zero-order valence-electron chi connectivity index (χ0n) is 20.8. The average Bonchev–Trinajstić information content (AvgIpc) is 3.46. The standard InChI is InChI=1S/C27H29FN6OS/c1-15-11-18-12-20(16(2)31-25-24-19-5-4-6-23(19)36-27(24)30-14-29-25)26(32-22(18)13-21(15)28)34-9-7-33(8-10-34)17(3)35/h11-14,16H,4-10H2,1-3H3,(H,29,30,31). The van der Waals surface area contributed by atoms with E-state index in [1.165, 1.54) is 22.9 Å². The quantitative estimate of drug-likeness (QED) is 0.421. The number of fused-ring (bicyclic) bond motifs is 4. The molecule has 9 heteroatoms. The summed E-state index contributed by atoms with van der Waals surface area (Å²) in [5, 5.41) is 5.72. The molecule has 1 unspecified atom stereocenters. The van der Waals surface area contributed by atoms with E-state index in [4.69, 9.17) is 4.98 Å². The Morgan fingerprint density at radius 3 is 2.72 bits per heavy atom. The SMILES string of the molecule is CC(=O)N1CCN(c2nc3cc(F)c(C)cc3cc2C(C)Nc2ncnc3sc4c(c23)CCC4)CC1. The Bertz CT molecular complexity index is 1490. The van der Waals surface area contributed by atoms with Crippen molar-refractivity contribution in [2.75, 3.05) is 36.4 Å². The first-order valence-electron chi connectivity index (χ1n) is 12.5. The van der Waals surface area contributed by atoms with Crippen LogP contribution in [0.2, 0.25) is 0 Å². The van der Waals surface area contributed by atoms with Gasteiger partial charge < -0.3 is 15.1 Å². The number of hydrogen-bond acceptors (Lipinski definition) is 7. The van der Waals surface area contributed by atoms with Crippen molar-refractivity contribution in [2.45, 2.75) is 46.1 Å². The van der Waals surface area contributed by atoms with Gasteiger partial charge in [0.2, 0.25) is 5.91 Å². The molecule has 0 radical (unpaired) electrons. The van der Waals surface area contributed by atoms with Crippen molar-refractivity contribution in [1.82, 2.24) is 19.9 Å². The lowest BCUT2D eigenvalue weighted by Gasteiger charge is -2.36. The van der Waals surface area contributed by atoms with Gasteiger partial charge in [-0.25, -0.2) is 19.3 Å². The summed E-state index contributed by atoms with van der Waals surface area (Å²) in [5.41, 5.74) is 3.65. The first-order chi connectivity index (χ1) is 17.4. The average molecular weight is 505 g/mol. The van der Waals surface area contributed by atoms with Crippen molar-refractivity contribution in [1.29, 1.82) is 0 Å². The molecule has 1 aromatic carbocycles. The maximum absolute atomic E-state index is 14.4. The highest BCUT2D eigenvalue weighted by Crippen LogP contribution is 2.40. The number of carbonyl (C=O) groups is 1. The third-order valence-corrected chi connectivity index (χ3v) is 8.65. The van der Waals surface area contributed by atoms with Crippen LogP contribution < -0.4 is 10.2 Å². The lowest BCUT2D eigenvalue weighted by Crippen LogP contribution is -2.48. The van der Waals surface area contributed by atoms with E-state index in [2.05, 4.69) is 33.2 Å². The number of benzene rings is 1. The van der Waals surface area contributed by atoms with Gasteiger partial charge in [0.1, 0.15) is 28.6 Å². The van der Waals surface area contributed by atoms with E-state index in [1.54, 1.807) is 31.5 Å². The van der Waals surface area contributed by atoms with E-state index >= 15 is 0 Å². The Labute approximate surface area is 213 Å². The van der Waals surface area contributed by atoms with Gasteiger partial charge in [0, 0.05) is 55.0 Å². The topological polar surface area (TPSA) is 74.2 Å².